The lowest BCUT2D eigenvalue weighted by Crippen LogP contribution is -2.46. The summed E-state index contributed by atoms with van der Waals surface area (Å²) in [7, 11) is 0. The topological polar surface area (TPSA) is 51.4 Å². The van der Waals surface area contributed by atoms with E-state index in [1.54, 1.807) is 0 Å². The first kappa shape index (κ1) is 18.6. The van der Waals surface area contributed by atoms with Gasteiger partial charge in [-0.3, -0.25) is 4.79 Å². The van der Waals surface area contributed by atoms with Gasteiger partial charge in [-0.2, -0.15) is 0 Å². The molecule has 2 N–H and O–H groups in total. The predicted octanol–water partition coefficient (Wildman–Crippen LogP) is 4.18. The second-order valence-electron chi connectivity index (χ2n) is 7.65. The number of rotatable bonds is 4. The standard InChI is InChI=1S/C23H28N4O/c1-4-26-9-11-27(12-10-26)22-8-7-19(14-17(22)3)24-23(28)21-15-18-6-5-16(2)13-20(18)25-21/h5-8,13-15,25H,4,9-12H2,1-3H3,(H,24,28). The molecule has 0 aliphatic carbocycles. The molecule has 5 heteroatoms. The van der Waals surface area contributed by atoms with Crippen molar-refractivity contribution in [3.63, 3.8) is 0 Å². The van der Waals surface area contributed by atoms with Crippen LogP contribution in [0, 0.1) is 13.8 Å². The van der Waals surface area contributed by atoms with Crippen LogP contribution < -0.4 is 10.2 Å². The van der Waals surface area contributed by atoms with E-state index in [1.807, 2.05) is 25.1 Å². The molecule has 0 spiro atoms. The van der Waals surface area contributed by atoms with Crippen LogP contribution in [-0.4, -0.2) is 48.5 Å². The molecule has 2 heterocycles. The molecule has 1 saturated heterocycles. The number of aryl methyl sites for hydroxylation is 2. The maximum Gasteiger partial charge on any atom is 0.272 e. The molecule has 1 aromatic heterocycles. The molecular formula is C23H28N4O. The maximum atomic E-state index is 12.7. The fourth-order valence-corrected chi connectivity index (χ4v) is 3.95. The number of nitrogens with zero attached hydrogens (tertiary/aromatic N) is 2. The van der Waals surface area contributed by atoms with E-state index in [0.29, 0.717) is 5.69 Å². The first-order valence-electron chi connectivity index (χ1n) is 10.0. The fraction of sp³-hybridized carbons (Fsp3) is 0.348. The quantitative estimate of drug-likeness (QED) is 0.718. The summed E-state index contributed by atoms with van der Waals surface area (Å²) in [6.45, 7) is 11.8. The molecule has 28 heavy (non-hydrogen) atoms. The molecule has 2 aromatic carbocycles. The zero-order valence-corrected chi connectivity index (χ0v) is 16.9. The van der Waals surface area contributed by atoms with Crippen LogP contribution in [0.5, 0.6) is 0 Å². The number of nitrogens with one attached hydrogen (secondary N) is 2. The average Bonchev–Trinajstić information content (AvgIpc) is 3.12. The largest absolute Gasteiger partial charge is 0.369 e. The van der Waals surface area contributed by atoms with Gasteiger partial charge in [0.05, 0.1) is 0 Å². The molecule has 1 amide bonds. The van der Waals surface area contributed by atoms with E-state index in [0.717, 1.165) is 49.3 Å². The van der Waals surface area contributed by atoms with Crippen LogP contribution in [0.4, 0.5) is 11.4 Å². The Hall–Kier alpha value is -2.79. The Labute approximate surface area is 166 Å². The number of carbonyl (C=O) groups excluding carboxylic acids is 1. The van der Waals surface area contributed by atoms with Crippen LogP contribution in [0.2, 0.25) is 0 Å². The molecular weight excluding hydrogens is 348 g/mol. The van der Waals surface area contributed by atoms with Crippen molar-refractivity contribution in [2.45, 2.75) is 20.8 Å². The third kappa shape index (κ3) is 3.76. The van der Waals surface area contributed by atoms with E-state index in [9.17, 15) is 4.79 Å². The van der Waals surface area contributed by atoms with Gasteiger partial charge in [0.2, 0.25) is 0 Å². The average molecular weight is 377 g/mol. The Bertz CT molecular complexity index is 999. The van der Waals surface area contributed by atoms with E-state index in [4.69, 9.17) is 0 Å². The number of hydrogen-bond acceptors (Lipinski definition) is 3. The maximum absolute atomic E-state index is 12.7. The Balaban J connectivity index is 1.47. The zero-order chi connectivity index (χ0) is 19.7. The molecule has 0 atom stereocenters. The number of benzene rings is 2. The second-order valence-corrected chi connectivity index (χ2v) is 7.65. The number of H-pyrrole nitrogens is 1. The molecule has 1 fully saturated rings. The normalized spacial score (nSPS) is 15.2. The molecule has 0 unspecified atom stereocenters. The van der Waals surface area contributed by atoms with Crippen molar-refractivity contribution in [3.8, 4) is 0 Å². The van der Waals surface area contributed by atoms with Crippen molar-refractivity contribution >= 4 is 28.2 Å². The number of hydrogen-bond donors (Lipinski definition) is 2. The Morgan fingerprint density at radius 3 is 2.54 bits per heavy atom. The van der Waals surface area contributed by atoms with Crippen molar-refractivity contribution in [2.24, 2.45) is 0 Å². The van der Waals surface area contributed by atoms with Gasteiger partial charge in [-0.15, -0.1) is 0 Å². The lowest BCUT2D eigenvalue weighted by molar-refractivity contribution is 0.102. The second kappa shape index (κ2) is 7.68. The first-order chi connectivity index (χ1) is 13.5. The van der Waals surface area contributed by atoms with Gasteiger partial charge in [-0.1, -0.05) is 19.1 Å². The van der Waals surface area contributed by atoms with Gasteiger partial charge >= 0.3 is 0 Å². The number of fused-ring (bicyclic) bond motifs is 1. The van der Waals surface area contributed by atoms with E-state index < -0.39 is 0 Å². The van der Waals surface area contributed by atoms with Gasteiger partial charge in [0.25, 0.3) is 5.91 Å². The summed E-state index contributed by atoms with van der Waals surface area (Å²) in [6, 6.07) is 14.2. The molecule has 0 saturated carbocycles. The monoisotopic (exact) mass is 376 g/mol. The van der Waals surface area contributed by atoms with Crippen molar-refractivity contribution < 1.29 is 4.79 Å². The van der Waals surface area contributed by atoms with Crippen molar-refractivity contribution in [2.75, 3.05) is 42.9 Å². The van der Waals surface area contributed by atoms with Gasteiger partial charge in [-0.25, -0.2) is 0 Å². The highest BCUT2D eigenvalue weighted by molar-refractivity contribution is 6.06. The summed E-state index contributed by atoms with van der Waals surface area (Å²) in [6.07, 6.45) is 0. The Morgan fingerprint density at radius 1 is 1.04 bits per heavy atom. The summed E-state index contributed by atoms with van der Waals surface area (Å²) in [5.74, 6) is -0.113. The minimum atomic E-state index is -0.113. The zero-order valence-electron chi connectivity index (χ0n) is 16.9. The highest BCUT2D eigenvalue weighted by Crippen LogP contribution is 2.25. The SMILES string of the molecule is CCN1CCN(c2ccc(NC(=O)c3cc4ccc(C)cc4[nH]3)cc2C)CC1. The van der Waals surface area contributed by atoms with E-state index in [2.05, 4.69) is 58.2 Å². The lowest BCUT2D eigenvalue weighted by atomic mass is 10.1. The highest BCUT2D eigenvalue weighted by atomic mass is 16.1. The van der Waals surface area contributed by atoms with Gasteiger partial charge < -0.3 is 20.1 Å². The number of aromatic nitrogens is 1. The van der Waals surface area contributed by atoms with Crippen LogP contribution in [0.3, 0.4) is 0 Å². The minimum absolute atomic E-state index is 0.113. The van der Waals surface area contributed by atoms with E-state index >= 15 is 0 Å². The summed E-state index contributed by atoms with van der Waals surface area (Å²) < 4.78 is 0. The van der Waals surface area contributed by atoms with Crippen LogP contribution in [-0.2, 0) is 0 Å². The van der Waals surface area contributed by atoms with Gasteiger partial charge in [0.1, 0.15) is 5.69 Å². The smallest absolute Gasteiger partial charge is 0.272 e. The number of piperazine rings is 1. The third-order valence-corrected chi connectivity index (χ3v) is 5.64. The van der Waals surface area contributed by atoms with Crippen LogP contribution >= 0.6 is 0 Å². The number of aromatic amines is 1. The molecule has 1 aliphatic rings. The molecule has 5 nitrogen and oxygen atoms in total. The van der Waals surface area contributed by atoms with Crippen LogP contribution in [0.25, 0.3) is 10.9 Å². The van der Waals surface area contributed by atoms with Crippen LogP contribution in [0.15, 0.2) is 42.5 Å². The predicted molar refractivity (Wildman–Crippen MR) is 116 cm³/mol. The number of carbonyl (C=O) groups is 1. The minimum Gasteiger partial charge on any atom is -0.369 e. The lowest BCUT2D eigenvalue weighted by Gasteiger charge is -2.36. The molecule has 0 radical (unpaired) electrons. The number of anilines is 2. The Morgan fingerprint density at radius 2 is 1.82 bits per heavy atom. The van der Waals surface area contributed by atoms with Gasteiger partial charge in [0, 0.05) is 48.5 Å². The van der Waals surface area contributed by atoms with Crippen LogP contribution in [0.1, 0.15) is 28.5 Å². The molecule has 3 aromatic rings. The number of amides is 1. The van der Waals surface area contributed by atoms with Crippen molar-refractivity contribution in [1.29, 1.82) is 0 Å². The molecule has 146 valence electrons. The summed E-state index contributed by atoms with van der Waals surface area (Å²) in [4.78, 5) is 20.8. The van der Waals surface area contributed by atoms with Crippen molar-refractivity contribution in [3.05, 3.63) is 59.3 Å². The molecule has 1 aliphatic heterocycles. The molecule has 0 bridgehead atoms. The van der Waals surface area contributed by atoms with Crippen molar-refractivity contribution in [1.82, 2.24) is 9.88 Å². The highest BCUT2D eigenvalue weighted by Gasteiger charge is 2.18. The van der Waals surface area contributed by atoms with Gasteiger partial charge in [-0.05, 0) is 61.9 Å². The van der Waals surface area contributed by atoms with E-state index in [-0.39, 0.29) is 5.91 Å². The molecule has 4 rings (SSSR count). The fourth-order valence-electron chi connectivity index (χ4n) is 3.95. The Kier molecular flexibility index (Phi) is 5.09. The van der Waals surface area contributed by atoms with E-state index in [1.165, 1.54) is 16.8 Å². The first-order valence-corrected chi connectivity index (χ1v) is 10.0. The summed E-state index contributed by atoms with van der Waals surface area (Å²) in [5, 5.41) is 4.07. The van der Waals surface area contributed by atoms with Gasteiger partial charge in [0.15, 0.2) is 0 Å². The summed E-state index contributed by atoms with van der Waals surface area (Å²) >= 11 is 0. The summed E-state index contributed by atoms with van der Waals surface area (Å²) in [5.41, 5.74) is 6.02. The third-order valence-electron chi connectivity index (χ3n) is 5.64. The number of likely N-dealkylation sites (N-methyl/N-ethyl adjacent to an activating group) is 1.